The van der Waals surface area contributed by atoms with Gasteiger partial charge in [0.05, 0.1) is 19.8 Å². The highest BCUT2D eigenvalue weighted by atomic mass is 35.5. The van der Waals surface area contributed by atoms with Gasteiger partial charge in [0.25, 0.3) is 0 Å². The maximum atomic E-state index is 10.1. The Hall–Kier alpha value is -0.850. The summed E-state index contributed by atoms with van der Waals surface area (Å²) in [5.41, 5.74) is 0. The highest BCUT2D eigenvalue weighted by Gasteiger charge is 2.23. The van der Waals surface area contributed by atoms with Gasteiger partial charge in [0.2, 0.25) is 0 Å². The molecule has 2 rings (SSSR count). The van der Waals surface area contributed by atoms with E-state index in [9.17, 15) is 5.11 Å². The fraction of sp³-hybridized carbons (Fsp3) is 0.647. The molecule has 1 aromatic rings. The molecule has 0 amide bonds. The van der Waals surface area contributed by atoms with E-state index in [1.807, 2.05) is 12.1 Å². The molecule has 1 heterocycles. The lowest BCUT2D eigenvalue weighted by Crippen LogP contribution is -3.28. The van der Waals surface area contributed by atoms with Gasteiger partial charge in [-0.2, -0.15) is 0 Å². The molecule has 1 saturated heterocycles. The molecule has 1 aromatic carbocycles. The molecule has 0 bridgehead atoms. The van der Waals surface area contributed by atoms with E-state index in [2.05, 4.69) is 6.92 Å². The van der Waals surface area contributed by atoms with Gasteiger partial charge in [-0.3, -0.25) is 0 Å². The number of benzene rings is 1. The van der Waals surface area contributed by atoms with Gasteiger partial charge < -0.3 is 24.4 Å². The first kappa shape index (κ1) is 18.5. The first-order valence-electron chi connectivity index (χ1n) is 8.48. The summed E-state index contributed by atoms with van der Waals surface area (Å²) in [4.78, 5) is 3.15. The molecular weight excluding hydrogens is 316 g/mol. The third kappa shape index (κ3) is 7.06. The van der Waals surface area contributed by atoms with Crippen LogP contribution in [-0.4, -0.2) is 70.3 Å². The second-order valence-corrected chi connectivity index (χ2v) is 6.53. The Bertz CT molecular complexity index is 436. The van der Waals surface area contributed by atoms with Crippen molar-refractivity contribution in [3.05, 3.63) is 29.3 Å². The number of rotatable bonds is 9. The minimum absolute atomic E-state index is 0.373. The molecule has 23 heavy (non-hydrogen) atoms. The van der Waals surface area contributed by atoms with Crippen molar-refractivity contribution in [2.75, 3.05) is 59.1 Å². The first-order valence-corrected chi connectivity index (χ1v) is 8.86. The highest BCUT2D eigenvalue weighted by Crippen LogP contribution is 2.15. The number of quaternary nitrogens is 2. The van der Waals surface area contributed by atoms with E-state index in [0.717, 1.165) is 25.4 Å². The Morgan fingerprint density at radius 3 is 2.39 bits per heavy atom. The molecule has 0 spiro atoms. The molecule has 1 aliphatic heterocycles. The highest BCUT2D eigenvalue weighted by molar-refractivity contribution is 6.30. The topological polar surface area (TPSA) is 47.6 Å². The summed E-state index contributed by atoms with van der Waals surface area (Å²) < 4.78 is 11.0. The number of aliphatic hydroxyl groups excluding tert-OH is 1. The van der Waals surface area contributed by atoms with Crippen LogP contribution in [0, 0.1) is 0 Å². The van der Waals surface area contributed by atoms with Crippen molar-refractivity contribution in [2.45, 2.75) is 13.0 Å². The van der Waals surface area contributed by atoms with Gasteiger partial charge in [0, 0.05) is 5.02 Å². The van der Waals surface area contributed by atoms with Crippen LogP contribution in [0.2, 0.25) is 5.02 Å². The van der Waals surface area contributed by atoms with Crippen molar-refractivity contribution in [1.29, 1.82) is 0 Å². The zero-order valence-corrected chi connectivity index (χ0v) is 14.6. The fourth-order valence-electron chi connectivity index (χ4n) is 2.88. The van der Waals surface area contributed by atoms with Gasteiger partial charge in [0.1, 0.15) is 51.2 Å². The third-order valence-corrected chi connectivity index (χ3v) is 4.56. The predicted octanol–water partition coefficient (Wildman–Crippen LogP) is -1.10. The summed E-state index contributed by atoms with van der Waals surface area (Å²) in [6, 6.07) is 7.26. The average molecular weight is 345 g/mol. The Labute approximate surface area is 143 Å². The summed E-state index contributed by atoms with van der Waals surface area (Å²) in [6.07, 6.45) is -0.399. The lowest BCUT2D eigenvalue weighted by Gasteiger charge is -2.30. The number of nitrogens with one attached hydrogen (secondary N) is 2. The Kier molecular flexibility index (Phi) is 8.12. The van der Waals surface area contributed by atoms with Crippen molar-refractivity contribution in [3.8, 4) is 5.75 Å². The minimum atomic E-state index is -0.399. The molecule has 1 aliphatic rings. The van der Waals surface area contributed by atoms with Crippen LogP contribution in [0.15, 0.2) is 24.3 Å². The van der Waals surface area contributed by atoms with E-state index in [1.54, 1.807) is 17.0 Å². The van der Waals surface area contributed by atoms with Crippen LogP contribution >= 0.6 is 11.6 Å². The lowest BCUT2D eigenvalue weighted by atomic mass is 10.2. The molecule has 3 N–H and O–H groups in total. The van der Waals surface area contributed by atoms with E-state index < -0.39 is 6.10 Å². The molecule has 0 radical (unpaired) electrons. The van der Waals surface area contributed by atoms with Gasteiger partial charge in [-0.15, -0.1) is 0 Å². The van der Waals surface area contributed by atoms with E-state index in [1.165, 1.54) is 24.5 Å². The van der Waals surface area contributed by atoms with Gasteiger partial charge in [-0.1, -0.05) is 11.6 Å². The van der Waals surface area contributed by atoms with E-state index >= 15 is 0 Å². The summed E-state index contributed by atoms with van der Waals surface area (Å²) in [5, 5.41) is 10.8. The van der Waals surface area contributed by atoms with Gasteiger partial charge in [0.15, 0.2) is 0 Å². The lowest BCUT2D eigenvalue weighted by molar-refractivity contribution is -1.01. The van der Waals surface area contributed by atoms with Crippen molar-refractivity contribution in [2.24, 2.45) is 0 Å². The molecule has 1 atom stereocenters. The van der Waals surface area contributed by atoms with Gasteiger partial charge >= 0.3 is 0 Å². The van der Waals surface area contributed by atoms with Crippen molar-refractivity contribution >= 4 is 11.6 Å². The number of hydrogen-bond acceptors (Lipinski definition) is 3. The number of ether oxygens (including phenoxy) is 2. The second-order valence-electron chi connectivity index (χ2n) is 6.09. The van der Waals surface area contributed by atoms with Crippen molar-refractivity contribution < 1.29 is 24.4 Å². The molecule has 5 nitrogen and oxygen atoms in total. The maximum absolute atomic E-state index is 10.1. The number of likely N-dealkylation sites (N-methyl/N-ethyl adjacent to an activating group) is 1. The summed E-state index contributed by atoms with van der Waals surface area (Å²) in [6.45, 7) is 10.2. The van der Waals surface area contributed by atoms with E-state index in [0.29, 0.717) is 24.8 Å². The number of hydrogen-bond donors (Lipinski definition) is 3. The van der Waals surface area contributed by atoms with E-state index in [-0.39, 0.29) is 0 Å². The molecule has 6 heteroatoms. The molecule has 0 saturated carbocycles. The third-order valence-electron chi connectivity index (χ3n) is 4.31. The zero-order valence-electron chi connectivity index (χ0n) is 13.9. The summed E-state index contributed by atoms with van der Waals surface area (Å²) >= 11 is 5.82. The number of aliphatic hydroxyl groups is 1. The zero-order chi connectivity index (χ0) is 16.5. The fourth-order valence-corrected chi connectivity index (χ4v) is 3.00. The smallest absolute Gasteiger partial charge is 0.127 e. The quantitative estimate of drug-likeness (QED) is 0.498. The molecule has 0 aromatic heterocycles. The normalized spacial score (nSPS) is 22.7. The van der Waals surface area contributed by atoms with Crippen LogP contribution in [0.1, 0.15) is 6.92 Å². The van der Waals surface area contributed by atoms with Crippen LogP contribution in [0.3, 0.4) is 0 Å². The minimum Gasteiger partial charge on any atom is -0.491 e. The summed E-state index contributed by atoms with van der Waals surface area (Å²) in [5.74, 6) is 0.777. The Morgan fingerprint density at radius 2 is 1.74 bits per heavy atom. The average Bonchev–Trinajstić information content (AvgIpc) is 2.57. The molecule has 0 unspecified atom stereocenters. The molecule has 0 aliphatic carbocycles. The second kappa shape index (κ2) is 10.1. The van der Waals surface area contributed by atoms with Crippen molar-refractivity contribution in [3.63, 3.8) is 0 Å². The van der Waals surface area contributed by atoms with Crippen LogP contribution in [0.4, 0.5) is 0 Å². The standard InChI is InChI=1S/C17H27ClN2O3/c1-2-19-7-9-20(10-8-19)13-16(21)14-22-11-12-23-17-5-3-15(18)4-6-17/h3-6,16,21H,2,7-14H2,1H3/p+2/t16-/m1/s1. The Morgan fingerprint density at radius 1 is 1.09 bits per heavy atom. The molecular formula is C17H29ClN2O3+2. The summed E-state index contributed by atoms with van der Waals surface area (Å²) in [7, 11) is 0. The predicted molar refractivity (Wildman–Crippen MR) is 90.6 cm³/mol. The van der Waals surface area contributed by atoms with Crippen LogP contribution in [0.5, 0.6) is 5.75 Å². The van der Waals surface area contributed by atoms with Crippen LogP contribution < -0.4 is 14.5 Å². The van der Waals surface area contributed by atoms with Crippen LogP contribution in [0.25, 0.3) is 0 Å². The van der Waals surface area contributed by atoms with Crippen LogP contribution in [-0.2, 0) is 4.74 Å². The monoisotopic (exact) mass is 344 g/mol. The number of halogens is 1. The largest absolute Gasteiger partial charge is 0.491 e. The maximum Gasteiger partial charge on any atom is 0.127 e. The molecule has 1 fully saturated rings. The molecule has 130 valence electrons. The van der Waals surface area contributed by atoms with Gasteiger partial charge in [-0.25, -0.2) is 0 Å². The van der Waals surface area contributed by atoms with Crippen molar-refractivity contribution in [1.82, 2.24) is 0 Å². The van der Waals surface area contributed by atoms with Gasteiger partial charge in [-0.05, 0) is 31.2 Å². The van der Waals surface area contributed by atoms with E-state index in [4.69, 9.17) is 21.1 Å². The first-order chi connectivity index (χ1) is 11.2. The Balaban J connectivity index is 1.51. The SMILES string of the molecule is CC[NH+]1CC[NH+](C[C@@H](O)COCCOc2ccc(Cl)cc2)CC1. The number of piperazine rings is 1.